The highest BCUT2D eigenvalue weighted by molar-refractivity contribution is 9.11. The van der Waals surface area contributed by atoms with Gasteiger partial charge in [-0.05, 0) is 61.3 Å². The first-order valence-electron chi connectivity index (χ1n) is 11.6. The molecule has 0 fully saturated rings. The number of allylic oxidation sites excluding steroid dienone is 5. The molecular formula is C28H34BrN5O3. The van der Waals surface area contributed by atoms with Crippen molar-refractivity contribution in [3.05, 3.63) is 92.8 Å². The molecule has 1 atom stereocenters. The normalized spacial score (nSPS) is 17.9. The van der Waals surface area contributed by atoms with Gasteiger partial charge in [-0.25, -0.2) is 0 Å². The lowest BCUT2D eigenvalue weighted by molar-refractivity contribution is -0.429. The summed E-state index contributed by atoms with van der Waals surface area (Å²) < 4.78 is 6.19. The predicted molar refractivity (Wildman–Crippen MR) is 156 cm³/mol. The molecule has 0 heterocycles. The van der Waals surface area contributed by atoms with Crippen LogP contribution in [0.25, 0.3) is 6.08 Å². The molecule has 2 rings (SSSR count). The van der Waals surface area contributed by atoms with Crippen LogP contribution in [0.2, 0.25) is 0 Å². The van der Waals surface area contributed by atoms with Crippen molar-refractivity contribution < 1.29 is 9.66 Å². The number of hydrogen-bond donors (Lipinski definition) is 1. The summed E-state index contributed by atoms with van der Waals surface area (Å²) in [5.41, 5.74) is 3.87. The summed E-state index contributed by atoms with van der Waals surface area (Å²) >= 11 is 3.47. The summed E-state index contributed by atoms with van der Waals surface area (Å²) in [7, 11) is 1.59. The first-order valence-corrected chi connectivity index (χ1v) is 12.4. The maximum Gasteiger partial charge on any atom is 0.248 e. The summed E-state index contributed by atoms with van der Waals surface area (Å²) in [4.78, 5) is 13.2. The molecule has 1 aromatic carbocycles. The Labute approximate surface area is 227 Å². The van der Waals surface area contributed by atoms with Crippen LogP contribution in [0.1, 0.15) is 39.7 Å². The average molecular weight is 569 g/mol. The Morgan fingerprint density at radius 1 is 1.27 bits per heavy atom. The number of nitro groups is 1. The van der Waals surface area contributed by atoms with Crippen molar-refractivity contribution in [1.82, 2.24) is 0 Å². The largest absolute Gasteiger partial charge is 0.495 e. The second-order valence-electron chi connectivity index (χ2n) is 9.10. The zero-order chi connectivity index (χ0) is 27.9. The minimum absolute atomic E-state index is 0.0765. The topological polar surface area (TPSA) is 104 Å². The molecule has 1 aromatic rings. The lowest BCUT2D eigenvalue weighted by Crippen LogP contribution is -2.25. The average Bonchev–Trinajstić information content (AvgIpc) is 2.83. The molecule has 0 aromatic heterocycles. The molecule has 0 saturated heterocycles. The zero-order valence-corrected chi connectivity index (χ0v) is 23.7. The van der Waals surface area contributed by atoms with Gasteiger partial charge in [-0.2, -0.15) is 10.2 Å². The molecule has 1 N–H and O–H groups in total. The van der Waals surface area contributed by atoms with E-state index in [4.69, 9.17) is 10.1 Å². The van der Waals surface area contributed by atoms with E-state index in [9.17, 15) is 10.1 Å². The van der Waals surface area contributed by atoms with Gasteiger partial charge < -0.3 is 15.0 Å². The third kappa shape index (κ3) is 6.80. The Kier molecular flexibility index (Phi) is 10.1. The van der Waals surface area contributed by atoms with Gasteiger partial charge in [0, 0.05) is 46.4 Å². The van der Waals surface area contributed by atoms with E-state index in [-0.39, 0.29) is 17.0 Å². The number of anilines is 1. The van der Waals surface area contributed by atoms with Gasteiger partial charge in [-0.3, -0.25) is 10.1 Å². The van der Waals surface area contributed by atoms with Crippen LogP contribution in [-0.4, -0.2) is 30.8 Å². The highest BCUT2D eigenvalue weighted by atomic mass is 79.9. The van der Waals surface area contributed by atoms with Crippen LogP contribution < -0.4 is 9.64 Å². The number of benzene rings is 1. The second-order valence-corrected chi connectivity index (χ2v) is 9.95. The number of ether oxygens (including phenoxy) is 1. The number of halogens is 1. The monoisotopic (exact) mass is 567 g/mol. The molecule has 37 heavy (non-hydrogen) atoms. The van der Waals surface area contributed by atoms with E-state index in [2.05, 4.69) is 50.8 Å². The van der Waals surface area contributed by atoms with Crippen LogP contribution in [0, 0.1) is 20.9 Å². The molecule has 0 radical (unpaired) electrons. The molecule has 1 aliphatic rings. The molecule has 0 bridgehead atoms. The summed E-state index contributed by atoms with van der Waals surface area (Å²) in [6.45, 7) is 20.2. The third-order valence-corrected chi connectivity index (χ3v) is 6.95. The van der Waals surface area contributed by atoms with Crippen molar-refractivity contribution in [2.75, 3.05) is 25.1 Å². The lowest BCUT2D eigenvalue weighted by atomic mass is 9.74. The van der Waals surface area contributed by atoms with Gasteiger partial charge in [-0.1, -0.05) is 24.3 Å². The SMILES string of the molecule is C=CCN(CC=C)c1cc(/C=C(/C)C(C)=N)c(N=NC2=C(Br)C=C([N+](=O)[O-])CC2(C)C(=C)C)cc1OC. The maximum atomic E-state index is 11.5. The van der Waals surface area contributed by atoms with E-state index in [1.165, 1.54) is 6.08 Å². The van der Waals surface area contributed by atoms with Crippen LogP contribution in [0.3, 0.4) is 0 Å². The molecule has 196 valence electrons. The highest BCUT2D eigenvalue weighted by Gasteiger charge is 2.40. The maximum absolute atomic E-state index is 11.5. The summed E-state index contributed by atoms with van der Waals surface area (Å²) in [5, 5.41) is 28.7. The first-order chi connectivity index (χ1) is 17.4. The van der Waals surface area contributed by atoms with Crippen molar-refractivity contribution in [2.45, 2.75) is 34.1 Å². The smallest absolute Gasteiger partial charge is 0.248 e. The van der Waals surface area contributed by atoms with Crippen molar-refractivity contribution in [2.24, 2.45) is 15.6 Å². The zero-order valence-electron chi connectivity index (χ0n) is 22.1. The Bertz CT molecular complexity index is 1250. The first kappa shape index (κ1) is 29.6. The predicted octanol–water partition coefficient (Wildman–Crippen LogP) is 8.15. The van der Waals surface area contributed by atoms with E-state index in [1.807, 2.05) is 32.9 Å². The Hall–Kier alpha value is -3.59. The van der Waals surface area contributed by atoms with Gasteiger partial charge in [0.2, 0.25) is 5.70 Å². The number of methoxy groups -OCH3 is 1. The van der Waals surface area contributed by atoms with E-state index < -0.39 is 5.41 Å². The van der Waals surface area contributed by atoms with E-state index in [0.29, 0.717) is 40.4 Å². The fourth-order valence-corrected chi connectivity index (χ4v) is 4.60. The van der Waals surface area contributed by atoms with E-state index in [0.717, 1.165) is 22.4 Å². The summed E-state index contributed by atoms with van der Waals surface area (Å²) in [6, 6.07) is 3.74. The summed E-state index contributed by atoms with van der Waals surface area (Å²) in [6.07, 6.45) is 7.10. The van der Waals surface area contributed by atoms with Gasteiger partial charge >= 0.3 is 0 Å². The van der Waals surface area contributed by atoms with E-state index in [1.54, 1.807) is 32.3 Å². The van der Waals surface area contributed by atoms with Gasteiger partial charge in [0.25, 0.3) is 0 Å². The third-order valence-electron chi connectivity index (χ3n) is 6.34. The number of nitrogens with zero attached hydrogens (tertiary/aromatic N) is 4. The fraction of sp³-hybridized carbons (Fsp3) is 0.321. The Morgan fingerprint density at radius 2 is 1.89 bits per heavy atom. The fourth-order valence-electron chi connectivity index (χ4n) is 3.82. The molecule has 8 nitrogen and oxygen atoms in total. The highest BCUT2D eigenvalue weighted by Crippen LogP contribution is 2.48. The Morgan fingerprint density at radius 3 is 2.38 bits per heavy atom. The number of azo groups is 1. The molecule has 1 unspecified atom stereocenters. The van der Waals surface area contributed by atoms with Crippen LogP contribution in [0.5, 0.6) is 5.75 Å². The van der Waals surface area contributed by atoms with Gasteiger partial charge in [0.05, 0.1) is 35.5 Å². The van der Waals surface area contributed by atoms with Crippen LogP contribution >= 0.6 is 15.9 Å². The molecular weight excluding hydrogens is 534 g/mol. The standard InChI is InChI=1S/C28H34BrN5O3/c1-9-11-33(12-10-2)25-14-21(13-19(5)20(6)30)24(16-26(25)37-8)31-32-27-23(29)15-22(34(35)36)17-28(27,7)18(3)4/h9-10,13-16,30H,1-3,11-12,17H2,4-8H3/b19-13-,30-20?,32-31?. The summed E-state index contributed by atoms with van der Waals surface area (Å²) in [5.74, 6) is 0.592. The van der Waals surface area contributed by atoms with Gasteiger partial charge in [-0.15, -0.1) is 13.2 Å². The lowest BCUT2D eigenvalue weighted by Gasteiger charge is -2.32. The van der Waals surface area contributed by atoms with Crippen LogP contribution in [0.15, 0.2) is 87.3 Å². The number of rotatable bonds is 12. The number of hydrogen-bond acceptors (Lipinski definition) is 7. The molecule has 0 aliphatic heterocycles. The van der Waals surface area contributed by atoms with Gasteiger partial charge in [0.1, 0.15) is 5.75 Å². The van der Waals surface area contributed by atoms with Crippen molar-refractivity contribution in [3.63, 3.8) is 0 Å². The van der Waals surface area contributed by atoms with Crippen molar-refractivity contribution in [1.29, 1.82) is 5.41 Å². The second kappa shape index (κ2) is 12.6. The molecule has 0 saturated carbocycles. The minimum Gasteiger partial charge on any atom is -0.495 e. The molecule has 1 aliphatic carbocycles. The quantitative estimate of drug-likeness (QED) is 0.0903. The number of nitrogens with one attached hydrogen (secondary N) is 1. The minimum atomic E-state index is -0.786. The molecule has 9 heteroatoms. The Balaban J connectivity index is 2.78. The van der Waals surface area contributed by atoms with Crippen LogP contribution in [-0.2, 0) is 0 Å². The van der Waals surface area contributed by atoms with Crippen molar-refractivity contribution >= 4 is 39.1 Å². The molecule has 0 spiro atoms. The molecule has 0 amide bonds. The van der Waals surface area contributed by atoms with Crippen molar-refractivity contribution in [3.8, 4) is 5.75 Å². The van der Waals surface area contributed by atoms with Gasteiger partial charge in [0.15, 0.2) is 0 Å². The van der Waals surface area contributed by atoms with Crippen LogP contribution in [0.4, 0.5) is 11.4 Å². The van der Waals surface area contributed by atoms with E-state index >= 15 is 0 Å².